The highest BCUT2D eigenvalue weighted by Crippen LogP contribution is 2.08. The third-order valence-electron chi connectivity index (χ3n) is 2.20. The van der Waals surface area contributed by atoms with Gasteiger partial charge >= 0.3 is 0 Å². The summed E-state index contributed by atoms with van der Waals surface area (Å²) in [4.78, 5) is 0. The summed E-state index contributed by atoms with van der Waals surface area (Å²) in [6.45, 7) is 9.29. The van der Waals surface area contributed by atoms with Gasteiger partial charge in [0.1, 0.15) is 0 Å². The molecule has 86 valence electrons. The third kappa shape index (κ3) is 8.48. The fourth-order valence-corrected chi connectivity index (χ4v) is 1.30. The van der Waals surface area contributed by atoms with Crippen LogP contribution in [-0.4, -0.2) is 18.8 Å². The Labute approximate surface area is 88.4 Å². The van der Waals surface area contributed by atoms with Gasteiger partial charge in [0, 0.05) is 6.04 Å². The van der Waals surface area contributed by atoms with Crippen LogP contribution in [0.2, 0.25) is 0 Å². The average molecular weight is 202 g/mol. The predicted octanol–water partition coefficient (Wildman–Crippen LogP) is 2.07. The Morgan fingerprint density at radius 3 is 2.21 bits per heavy atom. The number of hydrogen-bond donors (Lipinski definition) is 2. The van der Waals surface area contributed by atoms with Crippen molar-refractivity contribution in [1.82, 2.24) is 5.43 Å². The van der Waals surface area contributed by atoms with Crippen LogP contribution in [0.15, 0.2) is 0 Å². The average Bonchev–Trinajstić information content (AvgIpc) is 2.10. The van der Waals surface area contributed by atoms with Gasteiger partial charge in [0.05, 0.1) is 12.7 Å². The molecular weight excluding hydrogens is 176 g/mol. The molecular formula is C11H26N2O. The lowest BCUT2D eigenvalue weighted by Crippen LogP contribution is -2.39. The molecule has 0 rings (SSSR count). The van der Waals surface area contributed by atoms with E-state index in [0.717, 1.165) is 12.3 Å². The molecule has 0 aliphatic heterocycles. The lowest BCUT2D eigenvalue weighted by molar-refractivity contribution is 0.0589. The number of rotatable bonds is 8. The van der Waals surface area contributed by atoms with E-state index < -0.39 is 0 Å². The summed E-state index contributed by atoms with van der Waals surface area (Å²) in [6.07, 6.45) is 3.87. The second-order valence-corrected chi connectivity index (χ2v) is 4.57. The molecule has 0 heterocycles. The number of hydrogen-bond acceptors (Lipinski definition) is 3. The van der Waals surface area contributed by atoms with E-state index in [9.17, 15) is 0 Å². The molecule has 0 spiro atoms. The Bertz CT molecular complexity index is 126. The number of ether oxygens (including phenoxy) is 1. The minimum atomic E-state index is 0.288. The van der Waals surface area contributed by atoms with Gasteiger partial charge in [0.25, 0.3) is 0 Å². The van der Waals surface area contributed by atoms with E-state index in [1.165, 1.54) is 12.8 Å². The van der Waals surface area contributed by atoms with E-state index >= 15 is 0 Å². The zero-order valence-corrected chi connectivity index (χ0v) is 10.0. The molecule has 0 bridgehead atoms. The second kappa shape index (κ2) is 8.21. The Hall–Kier alpha value is -0.120. The summed E-state index contributed by atoms with van der Waals surface area (Å²) >= 11 is 0. The van der Waals surface area contributed by atoms with Crippen molar-refractivity contribution < 1.29 is 4.74 Å². The van der Waals surface area contributed by atoms with Crippen molar-refractivity contribution in [2.24, 2.45) is 11.8 Å². The van der Waals surface area contributed by atoms with Gasteiger partial charge < -0.3 is 4.74 Å². The second-order valence-electron chi connectivity index (χ2n) is 4.57. The number of nitrogens with one attached hydrogen (secondary N) is 1. The first-order valence-electron chi connectivity index (χ1n) is 5.64. The van der Waals surface area contributed by atoms with Gasteiger partial charge in [-0.3, -0.25) is 11.3 Å². The van der Waals surface area contributed by atoms with Gasteiger partial charge in [-0.05, 0) is 26.2 Å². The predicted molar refractivity (Wildman–Crippen MR) is 60.9 cm³/mol. The van der Waals surface area contributed by atoms with E-state index in [1.54, 1.807) is 0 Å². The van der Waals surface area contributed by atoms with Crippen molar-refractivity contribution in [3.63, 3.8) is 0 Å². The molecule has 14 heavy (non-hydrogen) atoms. The normalized spacial score (nSPS) is 13.9. The molecule has 0 aliphatic rings. The Balaban J connectivity index is 3.48. The molecule has 1 unspecified atom stereocenters. The maximum absolute atomic E-state index is 5.51. The highest BCUT2D eigenvalue weighted by molar-refractivity contribution is 4.63. The van der Waals surface area contributed by atoms with Crippen molar-refractivity contribution in [2.45, 2.75) is 59.1 Å². The van der Waals surface area contributed by atoms with E-state index in [1.807, 2.05) is 13.8 Å². The SMILES string of the molecule is CC(C)CCCC(COC(C)C)NN. The van der Waals surface area contributed by atoms with Gasteiger partial charge in [0.2, 0.25) is 0 Å². The fourth-order valence-electron chi connectivity index (χ4n) is 1.30. The lowest BCUT2D eigenvalue weighted by atomic mass is 10.0. The van der Waals surface area contributed by atoms with E-state index in [4.69, 9.17) is 10.6 Å². The first kappa shape index (κ1) is 13.9. The maximum Gasteiger partial charge on any atom is 0.0636 e. The third-order valence-corrected chi connectivity index (χ3v) is 2.20. The molecule has 0 saturated carbocycles. The Kier molecular flexibility index (Phi) is 8.14. The monoisotopic (exact) mass is 202 g/mol. The van der Waals surface area contributed by atoms with E-state index in [0.29, 0.717) is 12.6 Å². The van der Waals surface area contributed by atoms with Crippen LogP contribution in [0.25, 0.3) is 0 Å². The summed E-state index contributed by atoms with van der Waals surface area (Å²) in [5, 5.41) is 0. The van der Waals surface area contributed by atoms with Crippen LogP contribution in [0, 0.1) is 5.92 Å². The van der Waals surface area contributed by atoms with Crippen LogP contribution in [0.5, 0.6) is 0 Å². The molecule has 0 fully saturated rings. The first-order chi connectivity index (χ1) is 6.56. The molecule has 0 aromatic rings. The molecule has 1 atom stereocenters. The zero-order valence-electron chi connectivity index (χ0n) is 10.0. The van der Waals surface area contributed by atoms with Crippen LogP contribution >= 0.6 is 0 Å². The standard InChI is InChI=1S/C11H26N2O/c1-9(2)6-5-7-11(13-12)8-14-10(3)4/h9-11,13H,5-8,12H2,1-4H3. The first-order valence-corrected chi connectivity index (χ1v) is 5.64. The van der Waals surface area contributed by atoms with E-state index in [2.05, 4.69) is 19.3 Å². The van der Waals surface area contributed by atoms with Crippen LogP contribution < -0.4 is 11.3 Å². The molecule has 0 aromatic carbocycles. The van der Waals surface area contributed by atoms with Gasteiger partial charge in [-0.1, -0.05) is 26.7 Å². The van der Waals surface area contributed by atoms with E-state index in [-0.39, 0.29) is 6.10 Å². The summed E-state index contributed by atoms with van der Waals surface area (Å²) in [5.74, 6) is 6.22. The minimum absolute atomic E-state index is 0.288. The highest BCUT2D eigenvalue weighted by atomic mass is 16.5. The van der Waals surface area contributed by atoms with Crippen LogP contribution in [-0.2, 0) is 4.74 Å². The zero-order chi connectivity index (χ0) is 11.0. The molecule has 3 heteroatoms. The molecule has 0 amide bonds. The molecule has 0 saturated heterocycles. The number of nitrogens with two attached hydrogens (primary N) is 1. The summed E-state index contributed by atoms with van der Waals surface area (Å²) in [7, 11) is 0. The van der Waals surface area contributed by atoms with Crippen molar-refractivity contribution in [2.75, 3.05) is 6.61 Å². The maximum atomic E-state index is 5.51. The Morgan fingerprint density at radius 1 is 1.14 bits per heavy atom. The van der Waals surface area contributed by atoms with Gasteiger partial charge in [0.15, 0.2) is 0 Å². The molecule has 0 radical (unpaired) electrons. The fraction of sp³-hybridized carbons (Fsp3) is 1.00. The summed E-state index contributed by atoms with van der Waals surface area (Å²) in [5.41, 5.74) is 2.81. The molecule has 0 aliphatic carbocycles. The van der Waals surface area contributed by atoms with Crippen molar-refractivity contribution in [3.8, 4) is 0 Å². The van der Waals surface area contributed by atoms with Gasteiger partial charge in [-0.25, -0.2) is 0 Å². The van der Waals surface area contributed by atoms with Crippen LogP contribution in [0.4, 0.5) is 0 Å². The van der Waals surface area contributed by atoms with Crippen molar-refractivity contribution >= 4 is 0 Å². The summed E-state index contributed by atoms with van der Waals surface area (Å²) < 4.78 is 5.51. The van der Waals surface area contributed by atoms with Gasteiger partial charge in [-0.2, -0.15) is 0 Å². The summed E-state index contributed by atoms with van der Waals surface area (Å²) in [6, 6.07) is 0.302. The molecule has 3 N–H and O–H groups in total. The van der Waals surface area contributed by atoms with Gasteiger partial charge in [-0.15, -0.1) is 0 Å². The largest absolute Gasteiger partial charge is 0.377 e. The molecule has 3 nitrogen and oxygen atoms in total. The van der Waals surface area contributed by atoms with Crippen LogP contribution in [0.3, 0.4) is 0 Å². The van der Waals surface area contributed by atoms with Crippen molar-refractivity contribution in [1.29, 1.82) is 0 Å². The lowest BCUT2D eigenvalue weighted by Gasteiger charge is -2.18. The van der Waals surface area contributed by atoms with Crippen molar-refractivity contribution in [3.05, 3.63) is 0 Å². The Morgan fingerprint density at radius 2 is 1.79 bits per heavy atom. The smallest absolute Gasteiger partial charge is 0.0636 e. The minimum Gasteiger partial charge on any atom is -0.377 e. The van der Waals surface area contributed by atoms with Crippen LogP contribution in [0.1, 0.15) is 47.0 Å². The molecule has 0 aromatic heterocycles. The quantitative estimate of drug-likeness (QED) is 0.468. The highest BCUT2D eigenvalue weighted by Gasteiger charge is 2.07. The topological polar surface area (TPSA) is 47.3 Å². The number of hydrazine groups is 1.